The predicted octanol–water partition coefficient (Wildman–Crippen LogP) is 1.16. The Morgan fingerprint density at radius 3 is 2.69 bits per heavy atom. The first-order valence-corrected chi connectivity index (χ1v) is 5.44. The normalized spacial score (nSPS) is 17.3. The fourth-order valence-corrected chi connectivity index (χ4v) is 1.74. The number of nitrogens with zero attached hydrogens (tertiary/aromatic N) is 3. The van der Waals surface area contributed by atoms with Crippen LogP contribution >= 0.6 is 0 Å². The van der Waals surface area contributed by atoms with Crippen molar-refractivity contribution in [2.75, 3.05) is 11.4 Å². The first-order valence-electron chi connectivity index (χ1n) is 5.44. The molecule has 1 aromatic rings. The number of carbonyl (C=O) groups excluding carboxylic acids is 2. The lowest BCUT2D eigenvalue weighted by Gasteiger charge is -2.24. The summed E-state index contributed by atoms with van der Waals surface area (Å²) in [5.41, 5.74) is 0.784. The third kappa shape index (κ3) is 1.98. The highest BCUT2D eigenvalue weighted by Gasteiger charge is 2.25. The van der Waals surface area contributed by atoms with Gasteiger partial charge in [0.2, 0.25) is 5.91 Å². The van der Waals surface area contributed by atoms with Gasteiger partial charge in [0.15, 0.2) is 0 Å². The van der Waals surface area contributed by atoms with E-state index < -0.39 is 0 Å². The van der Waals surface area contributed by atoms with Gasteiger partial charge < -0.3 is 4.90 Å². The van der Waals surface area contributed by atoms with Crippen LogP contribution in [0.25, 0.3) is 0 Å². The van der Waals surface area contributed by atoms with Gasteiger partial charge in [-0.05, 0) is 13.8 Å². The van der Waals surface area contributed by atoms with E-state index in [0.717, 1.165) is 5.69 Å². The van der Waals surface area contributed by atoms with E-state index in [0.29, 0.717) is 13.0 Å². The highest BCUT2D eigenvalue weighted by atomic mass is 16.2. The minimum Gasteiger partial charge on any atom is -0.309 e. The largest absolute Gasteiger partial charge is 0.309 e. The summed E-state index contributed by atoms with van der Waals surface area (Å²) in [7, 11) is 0. The topological polar surface area (TPSA) is 55.2 Å². The lowest BCUT2D eigenvalue weighted by Crippen LogP contribution is -2.38. The van der Waals surface area contributed by atoms with Crippen molar-refractivity contribution < 1.29 is 9.59 Å². The quantitative estimate of drug-likeness (QED) is 0.704. The minimum absolute atomic E-state index is 0.0207. The summed E-state index contributed by atoms with van der Waals surface area (Å²) in [6.07, 6.45) is 3.98. The summed E-state index contributed by atoms with van der Waals surface area (Å²) in [5, 5.41) is 4.18. The van der Waals surface area contributed by atoms with Gasteiger partial charge in [-0.2, -0.15) is 5.10 Å². The summed E-state index contributed by atoms with van der Waals surface area (Å²) < 4.78 is 1.80. The molecule has 0 spiro atoms. The first kappa shape index (κ1) is 10.9. The zero-order chi connectivity index (χ0) is 11.7. The third-order valence-corrected chi connectivity index (χ3v) is 2.69. The fraction of sp³-hybridized carbons (Fsp3) is 0.545. The van der Waals surface area contributed by atoms with Crippen LogP contribution in [0.2, 0.25) is 0 Å². The average molecular weight is 221 g/mol. The Morgan fingerprint density at radius 2 is 2.12 bits per heavy atom. The molecule has 1 saturated heterocycles. The summed E-state index contributed by atoms with van der Waals surface area (Å²) in [4.78, 5) is 24.4. The zero-order valence-electron chi connectivity index (χ0n) is 9.51. The fourth-order valence-electron chi connectivity index (χ4n) is 1.74. The van der Waals surface area contributed by atoms with Crippen LogP contribution in [-0.2, 0) is 9.59 Å². The monoisotopic (exact) mass is 221 g/mol. The number of anilines is 1. The SMILES string of the molecule is CC(C)n1cc(N2CCC(=O)CC2=O)cn1. The second-order valence-electron chi connectivity index (χ2n) is 4.28. The lowest BCUT2D eigenvalue weighted by atomic mass is 10.1. The number of hydrogen-bond donors (Lipinski definition) is 0. The van der Waals surface area contributed by atoms with Crippen molar-refractivity contribution in [1.82, 2.24) is 9.78 Å². The maximum atomic E-state index is 11.7. The number of amides is 1. The van der Waals surface area contributed by atoms with E-state index in [9.17, 15) is 9.59 Å². The van der Waals surface area contributed by atoms with Gasteiger partial charge in [0.05, 0.1) is 18.3 Å². The molecule has 0 bridgehead atoms. The molecule has 1 amide bonds. The zero-order valence-corrected chi connectivity index (χ0v) is 9.51. The number of rotatable bonds is 2. The molecule has 0 saturated carbocycles. The summed E-state index contributed by atoms with van der Waals surface area (Å²) >= 11 is 0. The Morgan fingerprint density at radius 1 is 1.38 bits per heavy atom. The molecule has 1 aliphatic heterocycles. The molecule has 1 aliphatic rings. The third-order valence-electron chi connectivity index (χ3n) is 2.69. The molecule has 0 aliphatic carbocycles. The molecule has 0 aromatic carbocycles. The van der Waals surface area contributed by atoms with Crippen molar-refractivity contribution in [3.05, 3.63) is 12.4 Å². The van der Waals surface area contributed by atoms with Crippen molar-refractivity contribution in [3.8, 4) is 0 Å². The predicted molar refractivity (Wildman–Crippen MR) is 59.2 cm³/mol. The van der Waals surface area contributed by atoms with Crippen molar-refractivity contribution >= 4 is 17.4 Å². The molecular formula is C11H15N3O2. The molecule has 2 heterocycles. The van der Waals surface area contributed by atoms with E-state index in [4.69, 9.17) is 0 Å². The Labute approximate surface area is 94.0 Å². The van der Waals surface area contributed by atoms with Crippen molar-refractivity contribution in [2.24, 2.45) is 0 Å². The van der Waals surface area contributed by atoms with Crippen LogP contribution in [0.5, 0.6) is 0 Å². The van der Waals surface area contributed by atoms with E-state index >= 15 is 0 Å². The van der Waals surface area contributed by atoms with Crippen molar-refractivity contribution in [3.63, 3.8) is 0 Å². The molecule has 5 nitrogen and oxygen atoms in total. The molecule has 1 aromatic heterocycles. The van der Waals surface area contributed by atoms with Crippen LogP contribution in [0, 0.1) is 0 Å². The molecule has 2 rings (SSSR count). The highest BCUT2D eigenvalue weighted by molar-refractivity contribution is 6.08. The molecule has 5 heteroatoms. The lowest BCUT2D eigenvalue weighted by molar-refractivity contribution is -0.128. The smallest absolute Gasteiger partial charge is 0.234 e. The summed E-state index contributed by atoms with van der Waals surface area (Å²) in [6, 6.07) is 0.273. The van der Waals surface area contributed by atoms with Gasteiger partial charge in [-0.25, -0.2) is 0 Å². The van der Waals surface area contributed by atoms with Crippen LogP contribution in [0.3, 0.4) is 0 Å². The molecule has 1 fully saturated rings. The van der Waals surface area contributed by atoms with Crippen LogP contribution in [-0.4, -0.2) is 28.0 Å². The molecule has 0 atom stereocenters. The number of aromatic nitrogens is 2. The van der Waals surface area contributed by atoms with Gasteiger partial charge in [-0.1, -0.05) is 0 Å². The second kappa shape index (κ2) is 4.08. The van der Waals surface area contributed by atoms with E-state index in [1.165, 1.54) is 0 Å². The standard InChI is InChI=1S/C11H15N3O2/c1-8(2)14-7-9(6-12-14)13-4-3-10(15)5-11(13)16/h6-8H,3-5H2,1-2H3. The van der Waals surface area contributed by atoms with Crippen molar-refractivity contribution in [1.29, 1.82) is 0 Å². The van der Waals surface area contributed by atoms with Crippen molar-refractivity contribution in [2.45, 2.75) is 32.7 Å². The Bertz CT molecular complexity index is 423. The number of piperidine rings is 1. The number of ketones is 1. The molecule has 86 valence electrons. The Hall–Kier alpha value is -1.65. The van der Waals surface area contributed by atoms with E-state index in [-0.39, 0.29) is 24.2 Å². The summed E-state index contributed by atoms with van der Waals surface area (Å²) in [6.45, 7) is 4.53. The van der Waals surface area contributed by atoms with Crippen LogP contribution < -0.4 is 4.90 Å². The van der Waals surface area contributed by atoms with Crippen LogP contribution in [0.15, 0.2) is 12.4 Å². The van der Waals surface area contributed by atoms with Gasteiger partial charge in [0, 0.05) is 25.2 Å². The number of hydrogen-bond acceptors (Lipinski definition) is 3. The van der Waals surface area contributed by atoms with Gasteiger partial charge in [-0.15, -0.1) is 0 Å². The van der Waals surface area contributed by atoms with Gasteiger partial charge >= 0.3 is 0 Å². The summed E-state index contributed by atoms with van der Waals surface area (Å²) in [5.74, 6) is -0.0999. The molecule has 0 radical (unpaired) electrons. The van der Waals surface area contributed by atoms with E-state index in [1.807, 2.05) is 20.0 Å². The molecular weight excluding hydrogens is 206 g/mol. The maximum absolute atomic E-state index is 11.7. The number of Topliss-reactive ketones (excluding diaryl/α,β-unsaturated/α-hetero) is 1. The van der Waals surface area contributed by atoms with E-state index in [1.54, 1.807) is 15.8 Å². The van der Waals surface area contributed by atoms with Gasteiger partial charge in [-0.3, -0.25) is 14.3 Å². The maximum Gasteiger partial charge on any atom is 0.234 e. The Balaban J connectivity index is 2.17. The molecule has 0 N–H and O–H groups in total. The Kier molecular flexibility index (Phi) is 2.77. The van der Waals surface area contributed by atoms with Crippen LogP contribution in [0.1, 0.15) is 32.7 Å². The van der Waals surface area contributed by atoms with Crippen LogP contribution in [0.4, 0.5) is 5.69 Å². The van der Waals surface area contributed by atoms with Gasteiger partial charge in [0.25, 0.3) is 0 Å². The van der Waals surface area contributed by atoms with E-state index in [2.05, 4.69) is 5.10 Å². The highest BCUT2D eigenvalue weighted by Crippen LogP contribution is 2.19. The average Bonchev–Trinajstić information content (AvgIpc) is 2.66. The minimum atomic E-state index is -0.125. The van der Waals surface area contributed by atoms with Gasteiger partial charge in [0.1, 0.15) is 5.78 Å². The second-order valence-corrected chi connectivity index (χ2v) is 4.28. The number of carbonyl (C=O) groups is 2. The first-order chi connectivity index (χ1) is 7.58. The molecule has 16 heavy (non-hydrogen) atoms. The molecule has 0 unspecified atom stereocenters.